The maximum Gasteiger partial charge on any atom is 0.220 e. The number of hydrogen-bond donors (Lipinski definition) is 7. The van der Waals surface area contributed by atoms with Crippen molar-refractivity contribution in [3.63, 3.8) is 0 Å². The molecule has 0 aromatic carbocycles. The molecule has 0 heterocycles. The van der Waals surface area contributed by atoms with E-state index in [0.29, 0.717) is 45.8 Å². The standard InChI is InChI=1S/C34H63N7O7/c1-3-4-8-22-36-29(43)15-16-30(44)38-24-11-6-12-26-40-33(47)19-20-34(48)41-27-14-7-13-25-39-32(46)18-17-31(45)37-23-10-5-9-21-35-28(2)42/h3-27H2,1-2H3,(H,35,42)(H,36,43)(H,37,45)(H,38,44)(H,39,46)(H,40,47)(H,41,48). The fourth-order valence-electron chi connectivity index (χ4n) is 4.50. The number of rotatable bonds is 31. The summed E-state index contributed by atoms with van der Waals surface area (Å²) in [7, 11) is 0. The van der Waals surface area contributed by atoms with Crippen molar-refractivity contribution in [3.8, 4) is 0 Å². The molecule has 0 saturated carbocycles. The van der Waals surface area contributed by atoms with Crippen LogP contribution in [-0.2, 0) is 33.6 Å². The van der Waals surface area contributed by atoms with E-state index < -0.39 is 0 Å². The van der Waals surface area contributed by atoms with E-state index >= 15 is 0 Å². The van der Waals surface area contributed by atoms with Crippen molar-refractivity contribution in [3.05, 3.63) is 0 Å². The van der Waals surface area contributed by atoms with E-state index in [2.05, 4.69) is 44.1 Å². The predicted molar refractivity (Wildman–Crippen MR) is 186 cm³/mol. The minimum Gasteiger partial charge on any atom is -0.356 e. The summed E-state index contributed by atoms with van der Waals surface area (Å²) in [6.45, 7) is 7.49. The fourth-order valence-corrected chi connectivity index (χ4v) is 4.50. The highest BCUT2D eigenvalue weighted by Gasteiger charge is 2.09. The van der Waals surface area contributed by atoms with E-state index in [1.807, 2.05) is 0 Å². The van der Waals surface area contributed by atoms with Gasteiger partial charge in [-0.1, -0.05) is 19.8 Å². The summed E-state index contributed by atoms with van der Waals surface area (Å²) in [5.74, 6) is -0.935. The van der Waals surface area contributed by atoms with Gasteiger partial charge in [0.2, 0.25) is 41.4 Å². The Bertz CT molecular complexity index is 947. The van der Waals surface area contributed by atoms with Gasteiger partial charge >= 0.3 is 0 Å². The Morgan fingerprint density at radius 1 is 0.312 bits per heavy atom. The summed E-state index contributed by atoms with van der Waals surface area (Å²) in [5, 5.41) is 19.6. The van der Waals surface area contributed by atoms with Gasteiger partial charge in [0.05, 0.1) is 0 Å². The molecule has 48 heavy (non-hydrogen) atoms. The van der Waals surface area contributed by atoms with Crippen LogP contribution in [0.5, 0.6) is 0 Å². The molecule has 14 heteroatoms. The van der Waals surface area contributed by atoms with Gasteiger partial charge in [-0.2, -0.15) is 0 Å². The normalized spacial score (nSPS) is 10.5. The summed E-state index contributed by atoms with van der Waals surface area (Å²) in [6, 6.07) is 0. The highest BCUT2D eigenvalue weighted by atomic mass is 16.2. The molecule has 0 spiro atoms. The molecule has 0 radical (unpaired) electrons. The maximum absolute atomic E-state index is 12.0. The highest BCUT2D eigenvalue weighted by molar-refractivity contribution is 5.84. The number of nitrogens with one attached hydrogen (secondary N) is 7. The molecule has 0 aliphatic carbocycles. The number of carbonyl (C=O) groups is 7. The molecule has 0 unspecified atom stereocenters. The van der Waals surface area contributed by atoms with Crippen LogP contribution in [0.25, 0.3) is 0 Å². The topological polar surface area (TPSA) is 204 Å². The van der Waals surface area contributed by atoms with Gasteiger partial charge in [0.15, 0.2) is 0 Å². The van der Waals surface area contributed by atoms with Gasteiger partial charge in [-0.15, -0.1) is 0 Å². The van der Waals surface area contributed by atoms with Crippen molar-refractivity contribution in [2.75, 3.05) is 45.8 Å². The molecule has 0 atom stereocenters. The molecule has 0 saturated heterocycles. The molecule has 0 rings (SSSR count). The van der Waals surface area contributed by atoms with Gasteiger partial charge in [0, 0.05) is 91.3 Å². The third kappa shape index (κ3) is 32.2. The minimum absolute atomic E-state index is 0.0450. The summed E-state index contributed by atoms with van der Waals surface area (Å²) >= 11 is 0. The lowest BCUT2D eigenvalue weighted by Crippen LogP contribution is -2.29. The molecule has 276 valence electrons. The molecular weight excluding hydrogens is 618 g/mol. The van der Waals surface area contributed by atoms with E-state index in [-0.39, 0.29) is 79.9 Å². The van der Waals surface area contributed by atoms with Gasteiger partial charge in [-0.3, -0.25) is 33.6 Å². The Balaban J connectivity index is 3.56. The fraction of sp³-hybridized carbons (Fsp3) is 0.794. The molecule has 0 aromatic rings. The van der Waals surface area contributed by atoms with Crippen molar-refractivity contribution in [2.45, 2.75) is 129 Å². The van der Waals surface area contributed by atoms with Crippen LogP contribution in [0.3, 0.4) is 0 Å². The summed E-state index contributed by atoms with van der Waals surface area (Å²) in [6.07, 6.45) is 11.4. The first-order valence-electron chi connectivity index (χ1n) is 18.0. The molecule has 14 nitrogen and oxygen atoms in total. The van der Waals surface area contributed by atoms with Crippen molar-refractivity contribution in [1.29, 1.82) is 0 Å². The van der Waals surface area contributed by atoms with E-state index in [1.165, 1.54) is 6.92 Å². The van der Waals surface area contributed by atoms with E-state index in [1.54, 1.807) is 0 Å². The summed E-state index contributed by atoms with van der Waals surface area (Å²) in [5.41, 5.74) is 0. The first kappa shape index (κ1) is 44.3. The molecule has 0 fully saturated rings. The van der Waals surface area contributed by atoms with E-state index in [0.717, 1.165) is 77.0 Å². The van der Waals surface area contributed by atoms with Crippen molar-refractivity contribution in [2.24, 2.45) is 0 Å². The average molecular weight is 682 g/mol. The molecule has 0 aliphatic heterocycles. The van der Waals surface area contributed by atoms with Crippen LogP contribution in [0.4, 0.5) is 0 Å². The molecular formula is C34H63N7O7. The van der Waals surface area contributed by atoms with Crippen LogP contribution in [0, 0.1) is 0 Å². The zero-order valence-electron chi connectivity index (χ0n) is 29.5. The Morgan fingerprint density at radius 3 is 0.729 bits per heavy atom. The van der Waals surface area contributed by atoms with Crippen LogP contribution in [0.15, 0.2) is 0 Å². The second kappa shape index (κ2) is 31.9. The van der Waals surface area contributed by atoms with Crippen molar-refractivity contribution in [1.82, 2.24) is 37.2 Å². The molecule has 7 N–H and O–H groups in total. The SMILES string of the molecule is CCCCCNC(=O)CCC(=O)NCCCCCNC(=O)CCC(=O)NCCCCCNC(=O)CCC(=O)NCCCCCNC(C)=O. The third-order valence-electron chi connectivity index (χ3n) is 7.39. The van der Waals surface area contributed by atoms with Crippen LogP contribution >= 0.6 is 0 Å². The molecule has 7 amide bonds. The van der Waals surface area contributed by atoms with Crippen molar-refractivity contribution >= 4 is 41.4 Å². The summed E-state index contributed by atoms with van der Waals surface area (Å²) in [4.78, 5) is 82.2. The van der Waals surface area contributed by atoms with E-state index in [9.17, 15) is 33.6 Å². The largest absolute Gasteiger partial charge is 0.356 e. The van der Waals surface area contributed by atoms with Crippen LogP contribution < -0.4 is 37.2 Å². The Morgan fingerprint density at radius 2 is 0.521 bits per heavy atom. The third-order valence-corrected chi connectivity index (χ3v) is 7.39. The minimum atomic E-state index is -0.175. The number of carbonyl (C=O) groups excluding carboxylic acids is 7. The first-order valence-corrected chi connectivity index (χ1v) is 18.0. The van der Waals surface area contributed by atoms with Gasteiger partial charge in [-0.25, -0.2) is 0 Å². The predicted octanol–water partition coefficient (Wildman–Crippen LogP) is 1.86. The smallest absolute Gasteiger partial charge is 0.220 e. The lowest BCUT2D eigenvalue weighted by Gasteiger charge is -2.08. The van der Waals surface area contributed by atoms with Gasteiger partial charge < -0.3 is 37.2 Å². The molecule has 0 aliphatic rings. The van der Waals surface area contributed by atoms with Gasteiger partial charge in [0.25, 0.3) is 0 Å². The molecule has 0 aromatic heterocycles. The summed E-state index contributed by atoms with van der Waals surface area (Å²) < 4.78 is 0. The Kier molecular flexibility index (Phi) is 29.4. The first-order chi connectivity index (χ1) is 23.1. The Hall–Kier alpha value is -3.71. The monoisotopic (exact) mass is 681 g/mol. The highest BCUT2D eigenvalue weighted by Crippen LogP contribution is 1.99. The van der Waals surface area contributed by atoms with Crippen LogP contribution in [0.1, 0.15) is 129 Å². The van der Waals surface area contributed by atoms with Crippen LogP contribution in [0.2, 0.25) is 0 Å². The van der Waals surface area contributed by atoms with Gasteiger partial charge in [-0.05, 0) is 64.2 Å². The lowest BCUT2D eigenvalue weighted by atomic mass is 10.2. The average Bonchev–Trinajstić information content (AvgIpc) is 3.05. The van der Waals surface area contributed by atoms with Gasteiger partial charge in [0.1, 0.15) is 0 Å². The zero-order chi connectivity index (χ0) is 35.7. The molecule has 0 bridgehead atoms. The quantitative estimate of drug-likeness (QED) is 0.0541. The zero-order valence-corrected chi connectivity index (χ0v) is 29.5. The maximum atomic E-state index is 12.0. The second-order valence-electron chi connectivity index (χ2n) is 12.0. The van der Waals surface area contributed by atoms with E-state index in [4.69, 9.17) is 0 Å². The second-order valence-corrected chi connectivity index (χ2v) is 12.0. The Labute approximate surface area is 287 Å². The number of amides is 7. The number of hydrogen-bond acceptors (Lipinski definition) is 7. The lowest BCUT2D eigenvalue weighted by molar-refractivity contribution is -0.126. The van der Waals surface area contributed by atoms with Crippen LogP contribution in [-0.4, -0.2) is 87.2 Å². The van der Waals surface area contributed by atoms with Crippen molar-refractivity contribution < 1.29 is 33.6 Å². The number of unbranched alkanes of at least 4 members (excludes halogenated alkanes) is 8.